The van der Waals surface area contributed by atoms with Gasteiger partial charge in [0.05, 0.1) is 0 Å². The molecule has 9 rings (SSSR count). The third-order valence-corrected chi connectivity index (χ3v) is 10.2. The van der Waals surface area contributed by atoms with Gasteiger partial charge in [-0.15, -0.1) is 0 Å². The second-order valence-electron chi connectivity index (χ2n) is 13.4. The fourth-order valence-corrected chi connectivity index (χ4v) is 7.87. The highest BCUT2D eigenvalue weighted by Crippen LogP contribution is 2.53. The Morgan fingerprint density at radius 1 is 0.375 bits per heavy atom. The van der Waals surface area contributed by atoms with Gasteiger partial charge in [0, 0.05) is 22.5 Å². The molecule has 8 aromatic carbocycles. The average molecular weight is 614 g/mol. The van der Waals surface area contributed by atoms with Gasteiger partial charge in [-0.1, -0.05) is 141 Å². The molecule has 0 fully saturated rings. The Kier molecular flexibility index (Phi) is 6.55. The van der Waals surface area contributed by atoms with E-state index in [-0.39, 0.29) is 5.41 Å². The lowest BCUT2D eigenvalue weighted by atomic mass is 9.78. The number of fused-ring (bicyclic) bond motifs is 6. The van der Waals surface area contributed by atoms with Gasteiger partial charge in [-0.3, -0.25) is 0 Å². The summed E-state index contributed by atoms with van der Waals surface area (Å²) in [6.07, 6.45) is 0. The van der Waals surface area contributed by atoms with Crippen molar-refractivity contribution < 1.29 is 0 Å². The Labute approximate surface area is 282 Å². The van der Waals surface area contributed by atoms with Gasteiger partial charge in [0.2, 0.25) is 0 Å². The molecule has 0 saturated carbocycles. The van der Waals surface area contributed by atoms with Gasteiger partial charge in [0.15, 0.2) is 0 Å². The lowest BCUT2D eigenvalue weighted by molar-refractivity contribution is 0.663. The molecule has 0 atom stereocenters. The van der Waals surface area contributed by atoms with Gasteiger partial charge in [-0.05, 0) is 115 Å². The summed E-state index contributed by atoms with van der Waals surface area (Å²) in [6, 6.07) is 64.2. The van der Waals surface area contributed by atoms with E-state index in [9.17, 15) is 0 Å². The first kappa shape index (κ1) is 28.3. The summed E-state index contributed by atoms with van der Waals surface area (Å²) < 4.78 is 0. The first-order valence-electron chi connectivity index (χ1n) is 16.8. The molecule has 1 nitrogen and oxygen atoms in total. The molecule has 0 radical (unpaired) electrons. The highest BCUT2D eigenvalue weighted by molar-refractivity contribution is 6.10. The minimum absolute atomic E-state index is 0.137. The van der Waals surface area contributed by atoms with Gasteiger partial charge < -0.3 is 4.90 Å². The zero-order valence-corrected chi connectivity index (χ0v) is 27.2. The molecule has 1 heteroatoms. The molecule has 1 aliphatic carbocycles. The first-order chi connectivity index (χ1) is 23.6. The van der Waals surface area contributed by atoms with Gasteiger partial charge in [0.25, 0.3) is 0 Å². The number of hydrogen-bond donors (Lipinski definition) is 0. The maximum absolute atomic E-state index is 2.46. The van der Waals surface area contributed by atoms with E-state index >= 15 is 0 Å². The minimum Gasteiger partial charge on any atom is -0.311 e. The molecule has 228 valence electrons. The van der Waals surface area contributed by atoms with Crippen LogP contribution in [0, 0.1) is 0 Å². The maximum atomic E-state index is 2.46. The van der Waals surface area contributed by atoms with Crippen molar-refractivity contribution in [2.24, 2.45) is 0 Å². The molecule has 1 aliphatic rings. The van der Waals surface area contributed by atoms with Crippen LogP contribution < -0.4 is 4.90 Å². The van der Waals surface area contributed by atoms with Crippen LogP contribution in [0.25, 0.3) is 54.9 Å². The molecule has 0 heterocycles. The predicted molar refractivity (Wildman–Crippen MR) is 205 cm³/mol. The third-order valence-electron chi connectivity index (χ3n) is 10.2. The molecule has 0 aliphatic heterocycles. The monoisotopic (exact) mass is 613 g/mol. The molecule has 0 N–H and O–H groups in total. The van der Waals surface area contributed by atoms with Crippen molar-refractivity contribution in [2.45, 2.75) is 19.3 Å². The number of rotatable bonds is 5. The van der Waals surface area contributed by atoms with Crippen LogP contribution in [0.3, 0.4) is 0 Å². The molecule has 0 bridgehead atoms. The zero-order valence-electron chi connectivity index (χ0n) is 27.2. The van der Waals surface area contributed by atoms with Crippen LogP contribution in [0.1, 0.15) is 25.0 Å². The summed E-state index contributed by atoms with van der Waals surface area (Å²) in [5, 5.41) is 5.23. The van der Waals surface area contributed by atoms with E-state index in [2.05, 4.69) is 195 Å². The summed E-state index contributed by atoms with van der Waals surface area (Å²) in [6.45, 7) is 4.78. The van der Waals surface area contributed by atoms with Crippen molar-refractivity contribution in [1.29, 1.82) is 0 Å². The summed E-state index contributed by atoms with van der Waals surface area (Å²) in [7, 11) is 0. The van der Waals surface area contributed by atoms with E-state index in [1.807, 2.05) is 0 Å². The fraction of sp³-hybridized carbons (Fsp3) is 0.0638. The van der Waals surface area contributed by atoms with E-state index in [0.29, 0.717) is 0 Å². The summed E-state index contributed by atoms with van der Waals surface area (Å²) in [5.41, 5.74) is 13.7. The van der Waals surface area contributed by atoms with Crippen molar-refractivity contribution >= 4 is 38.6 Å². The second-order valence-corrected chi connectivity index (χ2v) is 13.4. The smallest absolute Gasteiger partial charge is 0.0462 e. The third kappa shape index (κ3) is 4.54. The Bertz CT molecular complexity index is 2440. The lowest BCUT2D eigenvalue weighted by Crippen LogP contribution is -2.16. The number of hydrogen-bond acceptors (Lipinski definition) is 1. The average Bonchev–Trinajstić information content (AvgIpc) is 3.37. The molecule has 0 aromatic heterocycles. The molecule has 0 saturated heterocycles. The van der Waals surface area contributed by atoms with E-state index in [1.54, 1.807) is 0 Å². The Balaban J connectivity index is 1.12. The van der Waals surface area contributed by atoms with Crippen LogP contribution >= 0.6 is 0 Å². The minimum atomic E-state index is -0.137. The highest BCUT2D eigenvalue weighted by Gasteiger charge is 2.38. The number of para-hydroxylation sites is 1. The van der Waals surface area contributed by atoms with Gasteiger partial charge >= 0.3 is 0 Å². The highest BCUT2D eigenvalue weighted by atomic mass is 15.1. The van der Waals surface area contributed by atoms with Crippen molar-refractivity contribution in [3.63, 3.8) is 0 Å². The van der Waals surface area contributed by atoms with Crippen molar-refractivity contribution in [3.8, 4) is 33.4 Å². The Hall–Kier alpha value is -5.92. The number of nitrogens with zero attached hydrogens (tertiary/aromatic N) is 1. The van der Waals surface area contributed by atoms with E-state index in [0.717, 1.165) is 17.1 Å². The topological polar surface area (TPSA) is 3.24 Å². The molecule has 8 aromatic rings. The van der Waals surface area contributed by atoms with Crippen LogP contribution in [-0.2, 0) is 5.41 Å². The molecule has 48 heavy (non-hydrogen) atoms. The van der Waals surface area contributed by atoms with Crippen molar-refractivity contribution in [2.75, 3.05) is 4.90 Å². The van der Waals surface area contributed by atoms with E-state index < -0.39 is 0 Å². The quantitative estimate of drug-likeness (QED) is 0.175. The summed E-state index contributed by atoms with van der Waals surface area (Å²) >= 11 is 0. The molecular formula is C47H35N. The van der Waals surface area contributed by atoms with Crippen molar-refractivity contribution in [1.82, 2.24) is 0 Å². The SMILES string of the molecule is CC1(C)c2cc3c(ccc4ccccc43)cc2-c2cccc(-c3ccc(N(c4ccccc4)c4ccc(-c5ccccc5)cc4)cc3)c21. The van der Waals surface area contributed by atoms with Crippen LogP contribution in [0.15, 0.2) is 176 Å². The van der Waals surface area contributed by atoms with Crippen LogP contribution in [0.2, 0.25) is 0 Å². The standard InChI is InChI=1S/C47H35N/c1-47(2)45-31-43-36(21-20-34-14-9-10-17-40(34)43)30-44(45)42-19-11-18-41(46(42)47)35-24-28-39(29-25-35)48(37-15-7-4-8-16-37)38-26-22-33(23-27-38)32-12-5-3-6-13-32/h3-31H,1-2H3. The van der Waals surface area contributed by atoms with Crippen LogP contribution in [0.5, 0.6) is 0 Å². The van der Waals surface area contributed by atoms with Crippen molar-refractivity contribution in [3.05, 3.63) is 187 Å². The largest absolute Gasteiger partial charge is 0.311 e. The molecule has 0 spiro atoms. The second kappa shape index (κ2) is 11.1. The number of benzene rings is 8. The van der Waals surface area contributed by atoms with Crippen LogP contribution in [-0.4, -0.2) is 0 Å². The Morgan fingerprint density at radius 3 is 1.67 bits per heavy atom. The molecule has 0 unspecified atom stereocenters. The maximum Gasteiger partial charge on any atom is 0.0462 e. The zero-order chi connectivity index (χ0) is 32.2. The predicted octanol–water partition coefficient (Wildman–Crippen LogP) is 13.1. The van der Waals surface area contributed by atoms with Gasteiger partial charge in [-0.25, -0.2) is 0 Å². The summed E-state index contributed by atoms with van der Waals surface area (Å²) in [4.78, 5) is 2.34. The number of anilines is 3. The van der Waals surface area contributed by atoms with Gasteiger partial charge in [0.1, 0.15) is 0 Å². The van der Waals surface area contributed by atoms with Gasteiger partial charge in [-0.2, -0.15) is 0 Å². The normalized spacial score (nSPS) is 13.0. The van der Waals surface area contributed by atoms with E-state index in [4.69, 9.17) is 0 Å². The van der Waals surface area contributed by atoms with E-state index in [1.165, 1.54) is 66.1 Å². The molecule has 0 amide bonds. The molecular weight excluding hydrogens is 579 g/mol. The van der Waals surface area contributed by atoms with Crippen LogP contribution in [0.4, 0.5) is 17.1 Å². The lowest BCUT2D eigenvalue weighted by Gasteiger charge is -2.27. The Morgan fingerprint density at radius 2 is 0.938 bits per heavy atom. The fourth-order valence-electron chi connectivity index (χ4n) is 7.87. The summed E-state index contributed by atoms with van der Waals surface area (Å²) in [5.74, 6) is 0. The first-order valence-corrected chi connectivity index (χ1v) is 16.8.